The molecule has 0 saturated heterocycles. The van der Waals surface area contributed by atoms with Gasteiger partial charge in [-0.3, -0.25) is 0 Å². The van der Waals surface area contributed by atoms with E-state index < -0.39 is 6.09 Å². The molecule has 0 unspecified atom stereocenters. The largest absolute Gasteiger partial charge is 0.465 e. The van der Waals surface area contributed by atoms with Crippen LogP contribution in [0.3, 0.4) is 0 Å². The molecule has 0 spiro atoms. The van der Waals surface area contributed by atoms with E-state index >= 15 is 0 Å². The number of amides is 1. The highest BCUT2D eigenvalue weighted by Gasteiger charge is 2.24. The smallest absolute Gasteiger partial charge is 0.415 e. The normalized spacial score (nSPS) is 11.3. The number of carbonyl (C=O) groups is 1. The Morgan fingerprint density at radius 2 is 1.95 bits per heavy atom. The van der Waals surface area contributed by atoms with Crippen molar-refractivity contribution in [2.24, 2.45) is 0 Å². The van der Waals surface area contributed by atoms with Crippen molar-refractivity contribution in [3.8, 4) is 0 Å². The summed E-state index contributed by atoms with van der Waals surface area (Å²) in [5, 5.41) is 9.33. The lowest BCUT2D eigenvalue weighted by Gasteiger charge is -2.16. The Hall–Kier alpha value is -2.30. The van der Waals surface area contributed by atoms with Gasteiger partial charge in [-0.2, -0.15) is 0 Å². The van der Waals surface area contributed by atoms with Gasteiger partial charge in [0.1, 0.15) is 5.76 Å². The minimum atomic E-state index is -1.09. The zero-order valence-corrected chi connectivity index (χ0v) is 11.8. The van der Waals surface area contributed by atoms with Crippen molar-refractivity contribution in [1.29, 1.82) is 0 Å². The van der Waals surface area contributed by atoms with Gasteiger partial charge in [0.05, 0.1) is 12.7 Å². The Morgan fingerprint density at radius 3 is 2.45 bits per heavy atom. The Balaban J connectivity index is 2.25. The first-order chi connectivity index (χ1) is 9.38. The Kier molecular flexibility index (Phi) is 3.79. The Morgan fingerprint density at radius 1 is 1.30 bits per heavy atom. The van der Waals surface area contributed by atoms with Gasteiger partial charge in [0.25, 0.3) is 0 Å². The maximum atomic E-state index is 11.4. The van der Waals surface area contributed by atoms with E-state index in [1.54, 1.807) is 6.20 Å². The molecule has 0 aliphatic heterocycles. The first-order valence-electron chi connectivity index (χ1n) is 6.38. The molecule has 0 saturated carbocycles. The summed E-state index contributed by atoms with van der Waals surface area (Å²) in [4.78, 5) is 16.6. The number of hydrogen-bond acceptors (Lipinski definition) is 3. The molecule has 106 valence electrons. The van der Waals surface area contributed by atoms with Gasteiger partial charge in [-0.25, -0.2) is 14.7 Å². The summed E-state index contributed by atoms with van der Waals surface area (Å²) in [6.45, 7) is 6.17. The maximum Gasteiger partial charge on any atom is 0.415 e. The standard InChI is InChI=1S/C15H18N2O3/c1-15(2,3)12-9-16-13(20-12)17(14(18)19)10-11-7-5-4-6-8-11/h4-9H,10H2,1-3H3,(H,18,19). The first-order valence-corrected chi connectivity index (χ1v) is 6.38. The molecule has 0 fully saturated rings. The third-order valence-corrected chi connectivity index (χ3v) is 2.88. The van der Waals surface area contributed by atoms with Crippen molar-refractivity contribution in [2.45, 2.75) is 32.7 Å². The Bertz CT molecular complexity index is 585. The second-order valence-corrected chi connectivity index (χ2v) is 5.61. The minimum absolute atomic E-state index is 0.103. The summed E-state index contributed by atoms with van der Waals surface area (Å²) in [7, 11) is 0. The van der Waals surface area contributed by atoms with E-state index in [1.807, 2.05) is 51.1 Å². The fourth-order valence-corrected chi connectivity index (χ4v) is 1.72. The molecule has 0 bridgehead atoms. The predicted octanol–water partition coefficient (Wildman–Crippen LogP) is 3.66. The van der Waals surface area contributed by atoms with Gasteiger partial charge in [-0.05, 0) is 5.56 Å². The molecule has 5 nitrogen and oxygen atoms in total. The second-order valence-electron chi connectivity index (χ2n) is 5.61. The molecule has 1 N–H and O–H groups in total. The van der Waals surface area contributed by atoms with Crippen molar-refractivity contribution in [1.82, 2.24) is 4.98 Å². The minimum Gasteiger partial charge on any atom is -0.465 e. The monoisotopic (exact) mass is 274 g/mol. The topological polar surface area (TPSA) is 66.6 Å². The number of oxazole rings is 1. The van der Waals surface area contributed by atoms with Crippen LogP contribution in [0.4, 0.5) is 10.8 Å². The highest BCUT2D eigenvalue weighted by Crippen LogP contribution is 2.26. The summed E-state index contributed by atoms with van der Waals surface area (Å²) in [6, 6.07) is 9.45. The summed E-state index contributed by atoms with van der Waals surface area (Å²) >= 11 is 0. The number of aromatic nitrogens is 1. The molecule has 0 aliphatic rings. The number of rotatable bonds is 3. The molecular formula is C15H18N2O3. The highest BCUT2D eigenvalue weighted by atomic mass is 16.4. The number of carboxylic acid groups (broad SMARTS) is 1. The third kappa shape index (κ3) is 3.17. The molecular weight excluding hydrogens is 256 g/mol. The number of benzene rings is 1. The summed E-state index contributed by atoms with van der Waals surface area (Å²) in [5.74, 6) is 0.659. The van der Waals surface area contributed by atoms with Crippen LogP contribution >= 0.6 is 0 Å². The average Bonchev–Trinajstić information content (AvgIpc) is 2.86. The molecule has 20 heavy (non-hydrogen) atoms. The zero-order chi connectivity index (χ0) is 14.8. The molecule has 2 rings (SSSR count). The summed E-state index contributed by atoms with van der Waals surface area (Å²) in [6.07, 6.45) is 0.493. The fourth-order valence-electron chi connectivity index (χ4n) is 1.72. The molecule has 1 aromatic carbocycles. The van der Waals surface area contributed by atoms with Crippen molar-refractivity contribution < 1.29 is 14.3 Å². The zero-order valence-electron chi connectivity index (χ0n) is 11.8. The van der Waals surface area contributed by atoms with Crippen LogP contribution in [0.1, 0.15) is 32.1 Å². The molecule has 5 heteroatoms. The number of hydrogen-bond donors (Lipinski definition) is 1. The van der Waals surface area contributed by atoms with Crippen LogP contribution in [0.5, 0.6) is 0 Å². The molecule has 0 aliphatic carbocycles. The van der Waals surface area contributed by atoms with E-state index in [0.29, 0.717) is 5.76 Å². The van der Waals surface area contributed by atoms with Crippen molar-refractivity contribution in [2.75, 3.05) is 4.90 Å². The van der Waals surface area contributed by atoms with Crippen LogP contribution in [0.15, 0.2) is 40.9 Å². The van der Waals surface area contributed by atoms with Gasteiger partial charge in [0, 0.05) is 5.41 Å². The lowest BCUT2D eigenvalue weighted by molar-refractivity contribution is 0.199. The highest BCUT2D eigenvalue weighted by molar-refractivity contribution is 5.82. The van der Waals surface area contributed by atoms with Crippen LogP contribution < -0.4 is 4.90 Å². The van der Waals surface area contributed by atoms with Gasteiger partial charge >= 0.3 is 12.1 Å². The first kappa shape index (κ1) is 14.1. The second kappa shape index (κ2) is 5.36. The van der Waals surface area contributed by atoms with E-state index in [0.717, 1.165) is 10.5 Å². The molecule has 0 atom stereocenters. The Labute approximate surface area is 117 Å². The molecule has 1 heterocycles. The van der Waals surface area contributed by atoms with Gasteiger partial charge in [-0.1, -0.05) is 51.1 Å². The quantitative estimate of drug-likeness (QED) is 0.927. The van der Waals surface area contributed by atoms with E-state index in [1.165, 1.54) is 0 Å². The molecule has 1 amide bonds. The van der Waals surface area contributed by atoms with Crippen LogP contribution in [-0.2, 0) is 12.0 Å². The molecule has 1 aromatic heterocycles. The lowest BCUT2D eigenvalue weighted by atomic mass is 9.94. The SMILES string of the molecule is CC(C)(C)c1cnc(N(Cc2ccccc2)C(=O)O)o1. The summed E-state index contributed by atoms with van der Waals surface area (Å²) in [5.41, 5.74) is 0.674. The fraction of sp³-hybridized carbons (Fsp3) is 0.333. The van der Waals surface area contributed by atoms with Crippen molar-refractivity contribution in [3.63, 3.8) is 0 Å². The van der Waals surface area contributed by atoms with Crippen LogP contribution in [-0.4, -0.2) is 16.2 Å². The number of nitrogens with zero attached hydrogens (tertiary/aromatic N) is 2. The van der Waals surface area contributed by atoms with Gasteiger partial charge in [-0.15, -0.1) is 0 Å². The molecule has 2 aromatic rings. The van der Waals surface area contributed by atoms with Crippen LogP contribution in [0, 0.1) is 0 Å². The third-order valence-electron chi connectivity index (χ3n) is 2.88. The lowest BCUT2D eigenvalue weighted by Crippen LogP contribution is -2.28. The maximum absolute atomic E-state index is 11.4. The van der Waals surface area contributed by atoms with Gasteiger partial charge < -0.3 is 9.52 Å². The van der Waals surface area contributed by atoms with Crippen molar-refractivity contribution >= 4 is 12.1 Å². The average molecular weight is 274 g/mol. The van der Waals surface area contributed by atoms with E-state index in [-0.39, 0.29) is 18.0 Å². The van der Waals surface area contributed by atoms with Crippen LogP contribution in [0.25, 0.3) is 0 Å². The van der Waals surface area contributed by atoms with Gasteiger partial charge in [0.2, 0.25) is 0 Å². The predicted molar refractivity (Wildman–Crippen MR) is 75.9 cm³/mol. The van der Waals surface area contributed by atoms with E-state index in [4.69, 9.17) is 4.42 Å². The van der Waals surface area contributed by atoms with E-state index in [9.17, 15) is 9.90 Å². The van der Waals surface area contributed by atoms with Crippen LogP contribution in [0.2, 0.25) is 0 Å². The van der Waals surface area contributed by atoms with Crippen molar-refractivity contribution in [3.05, 3.63) is 47.9 Å². The van der Waals surface area contributed by atoms with Gasteiger partial charge in [0.15, 0.2) is 0 Å². The summed E-state index contributed by atoms with van der Waals surface area (Å²) < 4.78 is 5.58. The molecule has 0 radical (unpaired) electrons. The van der Waals surface area contributed by atoms with E-state index in [2.05, 4.69) is 4.98 Å². The number of anilines is 1.